The number of nitrogens with one attached hydrogen (secondary N) is 1. The van der Waals surface area contributed by atoms with Gasteiger partial charge in [-0.25, -0.2) is 18.6 Å². The Kier molecular flexibility index (Phi) is 9.42. The maximum atomic E-state index is 13.9. The van der Waals surface area contributed by atoms with Gasteiger partial charge in [0.15, 0.2) is 11.5 Å². The molecule has 0 aliphatic heterocycles. The van der Waals surface area contributed by atoms with Crippen LogP contribution in [0.3, 0.4) is 0 Å². The second kappa shape index (κ2) is 12.3. The van der Waals surface area contributed by atoms with Crippen molar-refractivity contribution in [1.82, 2.24) is 9.88 Å². The zero-order chi connectivity index (χ0) is 28.0. The van der Waals surface area contributed by atoms with E-state index >= 15 is 0 Å². The van der Waals surface area contributed by atoms with Crippen LogP contribution in [-0.2, 0) is 0 Å². The Morgan fingerprint density at radius 1 is 1.18 bits per heavy atom. The number of anilines is 1. The van der Waals surface area contributed by atoms with Crippen molar-refractivity contribution in [3.05, 3.63) is 62.8 Å². The molecule has 1 N–H and O–H groups in total. The molecule has 204 valence electrons. The first-order chi connectivity index (χ1) is 17.9. The molecule has 0 saturated heterocycles. The van der Waals surface area contributed by atoms with Gasteiger partial charge in [-0.15, -0.1) is 0 Å². The third-order valence-corrected chi connectivity index (χ3v) is 6.27. The predicted molar refractivity (Wildman–Crippen MR) is 144 cm³/mol. The van der Waals surface area contributed by atoms with E-state index in [-0.39, 0.29) is 39.5 Å². The number of unbranched alkanes of at least 4 members (excludes halogenated alkanes) is 1. The largest absolute Gasteiger partial charge is 0.490 e. The van der Waals surface area contributed by atoms with E-state index in [0.717, 1.165) is 12.3 Å². The topological polar surface area (TPSA) is 107 Å². The summed E-state index contributed by atoms with van der Waals surface area (Å²) in [6.07, 6.45) is 1.58. The molecule has 0 unspecified atom stereocenters. The molecule has 3 aromatic rings. The zero-order valence-electron chi connectivity index (χ0n) is 21.5. The van der Waals surface area contributed by atoms with Crippen molar-refractivity contribution in [2.45, 2.75) is 46.1 Å². The number of hydrogen-bond donors (Lipinski definition) is 1. The summed E-state index contributed by atoms with van der Waals surface area (Å²) in [5.41, 5.74) is -0.171. The average Bonchev–Trinajstić information content (AvgIpc) is 2.82. The average molecular weight is 595 g/mol. The molecule has 12 heteroatoms. The van der Waals surface area contributed by atoms with E-state index < -0.39 is 28.2 Å². The highest BCUT2D eigenvalue weighted by Crippen LogP contribution is 2.34. The van der Waals surface area contributed by atoms with Gasteiger partial charge in [0.25, 0.3) is 0 Å². The minimum Gasteiger partial charge on any atom is -0.490 e. The number of rotatable bonds is 10. The van der Waals surface area contributed by atoms with Gasteiger partial charge in [-0.1, -0.05) is 0 Å². The highest BCUT2D eigenvalue weighted by atomic mass is 79.9. The van der Waals surface area contributed by atoms with Gasteiger partial charge in [0.1, 0.15) is 23.5 Å². The number of nitrogens with zero attached hydrogens (tertiary/aromatic N) is 3. The number of carbonyl (C=O) groups is 1. The van der Waals surface area contributed by atoms with Crippen molar-refractivity contribution in [3.63, 3.8) is 0 Å². The minimum absolute atomic E-state index is 0.0208. The first-order valence-corrected chi connectivity index (χ1v) is 12.8. The van der Waals surface area contributed by atoms with Crippen LogP contribution in [0.4, 0.5) is 25.0 Å². The lowest BCUT2D eigenvalue weighted by Gasteiger charge is -2.33. The molecule has 0 atom stereocenters. The molecule has 38 heavy (non-hydrogen) atoms. The van der Waals surface area contributed by atoms with Crippen molar-refractivity contribution in [2.24, 2.45) is 0 Å². The fourth-order valence-electron chi connectivity index (χ4n) is 3.83. The smallest absolute Gasteiger partial charge is 0.415 e. The minimum atomic E-state index is -0.614. The monoisotopic (exact) mass is 594 g/mol. The van der Waals surface area contributed by atoms with Gasteiger partial charge >= 0.3 is 11.8 Å². The number of aromatic nitrogens is 1. The molecular formula is C26H29BrF2N4O5. The SMILES string of the molecule is CCN(C(=O)Oc1cc(F)ccc1OCCCCNc1c([N+](=O)[O-])cnc2cc(F)c(Br)cc12)C(C)(C)C. The van der Waals surface area contributed by atoms with Crippen molar-refractivity contribution in [1.29, 1.82) is 0 Å². The van der Waals surface area contributed by atoms with Crippen molar-refractivity contribution in [3.8, 4) is 11.5 Å². The molecular weight excluding hydrogens is 566 g/mol. The van der Waals surface area contributed by atoms with Crippen LogP contribution in [0, 0.1) is 21.7 Å². The Bertz CT molecular complexity index is 1330. The lowest BCUT2D eigenvalue weighted by atomic mass is 10.1. The number of amides is 1. The van der Waals surface area contributed by atoms with Crippen molar-refractivity contribution >= 4 is 44.3 Å². The molecule has 1 heterocycles. The van der Waals surface area contributed by atoms with Crippen LogP contribution in [0.15, 0.2) is 41.0 Å². The van der Waals surface area contributed by atoms with Gasteiger partial charge < -0.3 is 19.7 Å². The Morgan fingerprint density at radius 2 is 1.92 bits per heavy atom. The van der Waals surface area contributed by atoms with Gasteiger partial charge in [-0.3, -0.25) is 10.1 Å². The lowest BCUT2D eigenvalue weighted by molar-refractivity contribution is -0.384. The molecule has 0 aliphatic carbocycles. The summed E-state index contributed by atoms with van der Waals surface area (Å²) in [6, 6.07) is 6.36. The quantitative estimate of drug-likeness (QED) is 0.152. The van der Waals surface area contributed by atoms with Crippen LogP contribution in [0.1, 0.15) is 40.5 Å². The second-order valence-corrected chi connectivity index (χ2v) is 10.3. The Morgan fingerprint density at radius 3 is 2.58 bits per heavy atom. The summed E-state index contributed by atoms with van der Waals surface area (Å²) in [7, 11) is 0. The van der Waals surface area contributed by atoms with Gasteiger partial charge in [0.05, 0.1) is 21.5 Å². The van der Waals surface area contributed by atoms with E-state index in [9.17, 15) is 23.7 Å². The summed E-state index contributed by atoms with van der Waals surface area (Å²) < 4.78 is 39.1. The maximum absolute atomic E-state index is 13.9. The van der Waals surface area contributed by atoms with E-state index in [2.05, 4.69) is 26.2 Å². The number of halogens is 3. The van der Waals surface area contributed by atoms with Crippen LogP contribution in [0.25, 0.3) is 10.9 Å². The van der Waals surface area contributed by atoms with Crippen LogP contribution in [0.2, 0.25) is 0 Å². The molecule has 1 amide bonds. The maximum Gasteiger partial charge on any atom is 0.415 e. The van der Waals surface area contributed by atoms with Gasteiger partial charge in [0, 0.05) is 36.1 Å². The summed E-state index contributed by atoms with van der Waals surface area (Å²) in [6.45, 7) is 8.44. The number of pyridine rings is 1. The highest BCUT2D eigenvalue weighted by Gasteiger charge is 2.27. The summed E-state index contributed by atoms with van der Waals surface area (Å²) in [5, 5.41) is 15.0. The van der Waals surface area contributed by atoms with Gasteiger partial charge in [-0.2, -0.15) is 0 Å². The first-order valence-electron chi connectivity index (χ1n) is 12.0. The molecule has 0 spiro atoms. The number of benzene rings is 2. The number of fused-ring (bicyclic) bond motifs is 1. The Balaban J connectivity index is 1.62. The summed E-state index contributed by atoms with van der Waals surface area (Å²) in [5.74, 6) is -0.887. The molecule has 9 nitrogen and oxygen atoms in total. The van der Waals surface area contributed by atoms with E-state index in [4.69, 9.17) is 9.47 Å². The number of ether oxygens (including phenoxy) is 2. The number of carbonyl (C=O) groups excluding carboxylic acids is 1. The number of hydrogen-bond acceptors (Lipinski definition) is 7. The summed E-state index contributed by atoms with van der Waals surface area (Å²) in [4.78, 5) is 29.1. The second-order valence-electron chi connectivity index (χ2n) is 9.42. The van der Waals surface area contributed by atoms with Gasteiger partial charge in [0.2, 0.25) is 0 Å². The molecule has 0 aliphatic rings. The molecule has 2 aromatic carbocycles. The van der Waals surface area contributed by atoms with Gasteiger partial charge in [-0.05, 0) is 74.7 Å². The third-order valence-electron chi connectivity index (χ3n) is 5.67. The van der Waals surface area contributed by atoms with Crippen LogP contribution in [0.5, 0.6) is 11.5 Å². The van der Waals surface area contributed by atoms with Crippen molar-refractivity contribution in [2.75, 3.05) is 25.0 Å². The molecule has 0 bridgehead atoms. The predicted octanol–water partition coefficient (Wildman–Crippen LogP) is 7.07. The first kappa shape index (κ1) is 29.0. The van der Waals surface area contributed by atoms with E-state index in [1.807, 2.05) is 27.7 Å². The van der Waals surface area contributed by atoms with Crippen LogP contribution >= 0.6 is 15.9 Å². The fourth-order valence-corrected chi connectivity index (χ4v) is 4.17. The Hall–Kier alpha value is -3.54. The van der Waals surface area contributed by atoms with Crippen LogP contribution < -0.4 is 14.8 Å². The molecule has 0 fully saturated rings. The van der Waals surface area contributed by atoms with E-state index in [1.54, 1.807) is 0 Å². The van der Waals surface area contributed by atoms with Crippen molar-refractivity contribution < 1.29 is 28.0 Å². The lowest BCUT2D eigenvalue weighted by Crippen LogP contribution is -2.46. The van der Waals surface area contributed by atoms with E-state index in [1.165, 1.54) is 29.2 Å². The molecule has 1 aromatic heterocycles. The molecule has 0 saturated carbocycles. The summed E-state index contributed by atoms with van der Waals surface area (Å²) >= 11 is 3.11. The fraction of sp³-hybridized carbons (Fsp3) is 0.385. The highest BCUT2D eigenvalue weighted by molar-refractivity contribution is 9.10. The third kappa shape index (κ3) is 7.06. The Labute approximate surface area is 227 Å². The van der Waals surface area contributed by atoms with E-state index in [0.29, 0.717) is 31.3 Å². The zero-order valence-corrected chi connectivity index (χ0v) is 23.1. The molecule has 3 rings (SSSR count). The molecule has 0 radical (unpaired) electrons. The van der Waals surface area contributed by atoms with Crippen LogP contribution in [-0.4, -0.2) is 46.1 Å². The normalized spacial score (nSPS) is 11.3. The number of nitro groups is 1. The standard InChI is InChI=1S/C26H29BrF2N4O5/c1-5-32(26(2,3)4)25(34)38-23-12-16(28)8-9-22(23)37-11-7-6-10-30-24-17-13-18(27)19(29)14-20(17)31-15-21(24)33(35)36/h8-9,12-15H,5-7,10-11H2,1-4H3,(H,30,31).